The number of rotatable bonds is 6. The molecule has 4 aliphatic rings. The molecule has 0 saturated carbocycles. The van der Waals surface area contributed by atoms with Gasteiger partial charge < -0.3 is 29.7 Å². The Labute approximate surface area is 253 Å². The quantitative estimate of drug-likeness (QED) is 0.295. The summed E-state index contributed by atoms with van der Waals surface area (Å²) in [5, 5.41) is 12.3. The van der Waals surface area contributed by atoms with Gasteiger partial charge in [-0.2, -0.15) is 0 Å². The Morgan fingerprint density at radius 2 is 1.79 bits per heavy atom. The summed E-state index contributed by atoms with van der Waals surface area (Å²) >= 11 is 0. The average Bonchev–Trinajstić information content (AvgIpc) is 3.34. The standard InChI is InChI=1S/C33H43N3O7/c1-32(2,3)36-19-12-17-33-27(30(40)35(28(33)31(36)41)18-10-5-11-20-37)26-24(43-33)15-8-9-16-25(38)42-21-23(34-29(26)39)22-13-6-4-7-14-22/h4,6-8,12-15,17,23-24,26-28,37H,5,9-11,16,18-21H2,1-3H3,(H,34,39)/b15-8-/t23-,24+,26-,27-,28+,33-/m1/s1. The van der Waals surface area contributed by atoms with Crippen LogP contribution >= 0.6 is 0 Å². The number of fused-ring (bicyclic) bond motifs is 2. The molecule has 6 atom stereocenters. The van der Waals surface area contributed by atoms with Crippen molar-refractivity contribution in [2.24, 2.45) is 11.8 Å². The van der Waals surface area contributed by atoms with Crippen LogP contribution in [-0.4, -0.2) is 88.2 Å². The van der Waals surface area contributed by atoms with E-state index in [9.17, 15) is 24.3 Å². The minimum absolute atomic E-state index is 0.0428. The van der Waals surface area contributed by atoms with Crippen molar-refractivity contribution in [3.05, 3.63) is 60.2 Å². The first-order valence-electron chi connectivity index (χ1n) is 15.3. The zero-order valence-electron chi connectivity index (χ0n) is 25.2. The van der Waals surface area contributed by atoms with Crippen LogP contribution in [0.15, 0.2) is 54.6 Å². The van der Waals surface area contributed by atoms with Crippen LogP contribution in [0.4, 0.5) is 0 Å². The highest BCUT2D eigenvalue weighted by Gasteiger charge is 2.71. The molecule has 5 rings (SSSR count). The second kappa shape index (κ2) is 12.6. The zero-order chi connectivity index (χ0) is 30.8. The molecule has 0 bridgehead atoms. The molecule has 1 aromatic rings. The lowest BCUT2D eigenvalue weighted by Crippen LogP contribution is -2.58. The summed E-state index contributed by atoms with van der Waals surface area (Å²) < 4.78 is 12.3. The van der Waals surface area contributed by atoms with Crippen molar-refractivity contribution >= 4 is 23.7 Å². The Hall–Kier alpha value is -3.50. The van der Waals surface area contributed by atoms with E-state index < -0.39 is 47.1 Å². The molecule has 10 nitrogen and oxygen atoms in total. The van der Waals surface area contributed by atoms with Crippen LogP contribution in [0.1, 0.15) is 64.5 Å². The van der Waals surface area contributed by atoms with Gasteiger partial charge in [0.25, 0.3) is 0 Å². The third-order valence-electron chi connectivity index (χ3n) is 8.93. The average molecular weight is 594 g/mol. The number of esters is 1. The van der Waals surface area contributed by atoms with Crippen LogP contribution < -0.4 is 5.32 Å². The van der Waals surface area contributed by atoms with Crippen molar-refractivity contribution in [2.45, 2.75) is 82.2 Å². The molecule has 0 aromatic heterocycles. The summed E-state index contributed by atoms with van der Waals surface area (Å²) in [6.07, 6.45) is 8.95. The predicted octanol–water partition coefficient (Wildman–Crippen LogP) is 2.68. The van der Waals surface area contributed by atoms with Gasteiger partial charge in [-0.1, -0.05) is 54.6 Å². The number of aliphatic hydroxyl groups excluding tert-OH is 1. The first-order valence-corrected chi connectivity index (χ1v) is 15.3. The van der Waals surface area contributed by atoms with Gasteiger partial charge in [-0.15, -0.1) is 0 Å². The highest BCUT2D eigenvalue weighted by molar-refractivity contribution is 6.00. The number of benzene rings is 1. The Morgan fingerprint density at radius 3 is 2.51 bits per heavy atom. The Bertz CT molecular complexity index is 1270. The van der Waals surface area contributed by atoms with Gasteiger partial charge in [0.05, 0.1) is 24.0 Å². The molecule has 2 fully saturated rings. The summed E-state index contributed by atoms with van der Waals surface area (Å²) in [5.41, 5.74) is -1.07. The minimum Gasteiger partial charge on any atom is -0.463 e. The number of aliphatic hydroxyl groups is 1. The fourth-order valence-corrected chi connectivity index (χ4v) is 6.85. The van der Waals surface area contributed by atoms with Gasteiger partial charge in [0.15, 0.2) is 0 Å². The van der Waals surface area contributed by atoms with E-state index in [1.165, 1.54) is 0 Å². The summed E-state index contributed by atoms with van der Waals surface area (Å²) in [6.45, 7) is 6.57. The van der Waals surface area contributed by atoms with Gasteiger partial charge in [-0.25, -0.2) is 0 Å². The maximum atomic E-state index is 14.4. The van der Waals surface area contributed by atoms with Gasteiger partial charge >= 0.3 is 5.97 Å². The molecular formula is C33H43N3O7. The molecule has 4 aliphatic heterocycles. The van der Waals surface area contributed by atoms with E-state index in [-0.39, 0.29) is 37.4 Å². The molecule has 0 radical (unpaired) electrons. The largest absolute Gasteiger partial charge is 0.463 e. The fraction of sp³-hybridized carbons (Fsp3) is 0.576. The smallest absolute Gasteiger partial charge is 0.306 e. The number of hydrogen-bond acceptors (Lipinski definition) is 7. The van der Waals surface area contributed by atoms with Crippen molar-refractivity contribution in [3.8, 4) is 0 Å². The van der Waals surface area contributed by atoms with E-state index in [0.717, 1.165) is 5.56 Å². The number of nitrogens with one attached hydrogen (secondary N) is 1. The molecule has 3 amide bonds. The first-order chi connectivity index (χ1) is 20.6. The number of likely N-dealkylation sites (tertiary alicyclic amines) is 1. The molecule has 232 valence electrons. The highest BCUT2D eigenvalue weighted by Crippen LogP contribution is 2.53. The number of unbranched alkanes of at least 4 members (excludes halogenated alkanes) is 2. The van der Waals surface area contributed by atoms with Gasteiger partial charge in [-0.3, -0.25) is 19.2 Å². The maximum absolute atomic E-state index is 14.4. The van der Waals surface area contributed by atoms with Crippen molar-refractivity contribution in [2.75, 3.05) is 26.3 Å². The monoisotopic (exact) mass is 593 g/mol. The van der Waals surface area contributed by atoms with Crippen LogP contribution in [0, 0.1) is 11.8 Å². The molecule has 10 heteroatoms. The predicted molar refractivity (Wildman–Crippen MR) is 158 cm³/mol. The number of hydrogen-bond donors (Lipinski definition) is 2. The van der Waals surface area contributed by atoms with Crippen LogP contribution in [0.2, 0.25) is 0 Å². The van der Waals surface area contributed by atoms with Gasteiger partial charge in [-0.05, 0) is 52.0 Å². The van der Waals surface area contributed by atoms with Crippen LogP contribution in [0.5, 0.6) is 0 Å². The van der Waals surface area contributed by atoms with E-state index >= 15 is 0 Å². The van der Waals surface area contributed by atoms with E-state index in [1.54, 1.807) is 22.0 Å². The summed E-state index contributed by atoms with van der Waals surface area (Å²) in [6, 6.07) is 7.72. The second-order valence-electron chi connectivity index (χ2n) is 12.8. The summed E-state index contributed by atoms with van der Waals surface area (Å²) in [7, 11) is 0. The molecule has 1 spiro atoms. The molecule has 0 unspecified atom stereocenters. The fourth-order valence-electron chi connectivity index (χ4n) is 6.85. The van der Waals surface area contributed by atoms with E-state index in [4.69, 9.17) is 9.47 Å². The number of carbonyl (C=O) groups is 4. The number of nitrogens with zero attached hydrogens (tertiary/aromatic N) is 2. The third kappa shape index (κ3) is 5.99. The summed E-state index contributed by atoms with van der Waals surface area (Å²) in [5.74, 6) is -3.09. The first kappa shape index (κ1) is 30.9. The molecule has 4 heterocycles. The molecule has 2 N–H and O–H groups in total. The lowest BCUT2D eigenvalue weighted by Gasteiger charge is -2.40. The van der Waals surface area contributed by atoms with Gasteiger partial charge in [0, 0.05) is 31.7 Å². The molecular weight excluding hydrogens is 550 g/mol. The summed E-state index contributed by atoms with van der Waals surface area (Å²) in [4.78, 5) is 58.8. The molecule has 0 aliphatic carbocycles. The number of amides is 3. The lowest BCUT2D eigenvalue weighted by molar-refractivity contribution is -0.151. The Morgan fingerprint density at radius 1 is 1.02 bits per heavy atom. The number of allylic oxidation sites excluding steroid dienone is 1. The van der Waals surface area contributed by atoms with E-state index in [1.807, 2.05) is 63.3 Å². The van der Waals surface area contributed by atoms with Crippen LogP contribution in [0.25, 0.3) is 0 Å². The van der Waals surface area contributed by atoms with Crippen molar-refractivity contribution in [1.82, 2.24) is 15.1 Å². The minimum atomic E-state index is -1.34. The van der Waals surface area contributed by atoms with Crippen LogP contribution in [-0.2, 0) is 28.7 Å². The maximum Gasteiger partial charge on any atom is 0.306 e. The van der Waals surface area contributed by atoms with Crippen molar-refractivity contribution in [3.63, 3.8) is 0 Å². The van der Waals surface area contributed by atoms with Gasteiger partial charge in [0.2, 0.25) is 17.7 Å². The Balaban J connectivity index is 1.56. The van der Waals surface area contributed by atoms with Gasteiger partial charge in [0.1, 0.15) is 18.2 Å². The van der Waals surface area contributed by atoms with Crippen LogP contribution in [0.3, 0.4) is 0 Å². The second-order valence-corrected chi connectivity index (χ2v) is 12.8. The third-order valence-corrected chi connectivity index (χ3v) is 8.93. The number of cyclic esters (lactones) is 1. The molecule has 1 aromatic carbocycles. The number of ether oxygens (including phenoxy) is 2. The topological polar surface area (TPSA) is 125 Å². The van der Waals surface area contributed by atoms with Crippen molar-refractivity contribution in [1.29, 1.82) is 0 Å². The van der Waals surface area contributed by atoms with Crippen molar-refractivity contribution < 1.29 is 33.8 Å². The van der Waals surface area contributed by atoms with E-state index in [2.05, 4.69) is 5.32 Å². The normalized spacial score (nSPS) is 32.1. The Kier molecular flexibility index (Phi) is 9.08. The van der Waals surface area contributed by atoms with E-state index in [0.29, 0.717) is 38.8 Å². The SMILES string of the molecule is CC(C)(C)N1CC=C[C@@]23O[C@H]4/C=C\CCC(=O)OC[C@H](c5ccccc5)NC(=O)[C@H]4[C@@H]2C(=O)N(CCCCCO)[C@H]3C1=O. The zero-order valence-corrected chi connectivity index (χ0v) is 25.2. The highest BCUT2D eigenvalue weighted by atomic mass is 16.5. The number of carbonyl (C=O) groups excluding carboxylic acids is 4. The molecule has 43 heavy (non-hydrogen) atoms. The lowest BCUT2D eigenvalue weighted by atomic mass is 9.77. The molecule has 2 saturated heterocycles.